The van der Waals surface area contributed by atoms with Gasteiger partial charge in [-0.1, -0.05) is 6.42 Å². The highest BCUT2D eigenvalue weighted by Crippen LogP contribution is 2.42. The lowest BCUT2D eigenvalue weighted by atomic mass is 9.80. The number of rotatable bonds is 11. The van der Waals surface area contributed by atoms with Gasteiger partial charge >= 0.3 is 0 Å². The number of nitrogens with one attached hydrogen (secondary N) is 2. The Morgan fingerprint density at radius 3 is 2.43 bits per heavy atom. The van der Waals surface area contributed by atoms with Crippen LogP contribution in [0.2, 0.25) is 0 Å². The van der Waals surface area contributed by atoms with Crippen molar-refractivity contribution in [2.24, 2.45) is 5.92 Å². The summed E-state index contributed by atoms with van der Waals surface area (Å²) in [7, 11) is 1.48. The van der Waals surface area contributed by atoms with E-state index in [0.29, 0.717) is 35.4 Å². The largest absolute Gasteiger partial charge is 0.497 e. The van der Waals surface area contributed by atoms with E-state index in [2.05, 4.69) is 17.6 Å². The van der Waals surface area contributed by atoms with Gasteiger partial charge in [-0.2, -0.15) is 0 Å². The third-order valence-electron chi connectivity index (χ3n) is 9.75. The Morgan fingerprint density at radius 1 is 1.04 bits per heavy atom. The summed E-state index contributed by atoms with van der Waals surface area (Å²) in [6.07, 6.45) is 9.28. The van der Waals surface area contributed by atoms with Gasteiger partial charge in [0.05, 0.1) is 25.8 Å². The van der Waals surface area contributed by atoms with Gasteiger partial charge in [-0.3, -0.25) is 14.4 Å². The van der Waals surface area contributed by atoms with Gasteiger partial charge in [0.25, 0.3) is 23.3 Å². The van der Waals surface area contributed by atoms with Gasteiger partial charge in [0, 0.05) is 36.4 Å². The van der Waals surface area contributed by atoms with E-state index < -0.39 is 30.8 Å². The number of alkyl halides is 2. The molecule has 242 valence electrons. The summed E-state index contributed by atoms with van der Waals surface area (Å²) in [5.74, 6) is -2.42. The van der Waals surface area contributed by atoms with Crippen LogP contribution >= 0.6 is 0 Å². The molecule has 0 bridgehead atoms. The fourth-order valence-electron chi connectivity index (χ4n) is 6.38. The second-order valence-corrected chi connectivity index (χ2v) is 13.4. The van der Waals surface area contributed by atoms with E-state index >= 15 is 0 Å². The smallest absolute Gasteiger partial charge is 0.282 e. The Morgan fingerprint density at radius 2 is 1.80 bits per heavy atom. The molecule has 46 heavy (non-hydrogen) atoms. The Balaban J connectivity index is 1.19. The van der Waals surface area contributed by atoms with Crippen molar-refractivity contribution in [3.8, 4) is 16.9 Å². The van der Waals surface area contributed by atoms with Crippen LogP contribution in [-0.2, 0) is 6.54 Å². The molecule has 0 unspecified atom stereocenters. The third kappa shape index (κ3) is 6.29. The number of aromatic nitrogens is 2. The average Bonchev–Trinajstić information content (AvgIpc) is 3.91. The number of methoxy groups -OCH3 is 1. The van der Waals surface area contributed by atoms with E-state index in [1.807, 2.05) is 12.3 Å². The Kier molecular flexibility index (Phi) is 7.91. The quantitative estimate of drug-likeness (QED) is 0.279. The van der Waals surface area contributed by atoms with Crippen LogP contribution in [0.5, 0.6) is 5.75 Å². The average molecular weight is 632 g/mol. The third-order valence-corrected chi connectivity index (χ3v) is 9.75. The molecular weight excluding hydrogens is 592 g/mol. The molecule has 2 aromatic heterocycles. The molecule has 1 saturated heterocycles. The first-order chi connectivity index (χ1) is 22.1. The Labute approximate surface area is 266 Å². The maximum atomic E-state index is 13.8. The fourth-order valence-corrected chi connectivity index (χ4v) is 6.38. The topological polar surface area (TPSA) is 106 Å². The molecule has 4 aliphatic rings. The number of carbonyl (C=O) groups is 2. The maximum absolute atomic E-state index is 13.8. The van der Waals surface area contributed by atoms with Crippen molar-refractivity contribution in [3.05, 3.63) is 75.3 Å². The van der Waals surface area contributed by atoms with E-state index in [9.17, 15) is 23.2 Å². The molecule has 1 aromatic carbocycles. The van der Waals surface area contributed by atoms with Crippen LogP contribution in [0.4, 0.5) is 14.6 Å². The first kappa shape index (κ1) is 30.5. The zero-order valence-electron chi connectivity index (χ0n) is 26.2. The van der Waals surface area contributed by atoms with Crippen LogP contribution in [-0.4, -0.2) is 58.4 Å². The van der Waals surface area contributed by atoms with Crippen molar-refractivity contribution < 1.29 is 23.1 Å². The zero-order valence-corrected chi connectivity index (χ0v) is 26.2. The summed E-state index contributed by atoms with van der Waals surface area (Å²) in [6.45, 7) is 1.46. The Bertz CT molecular complexity index is 1740. The number of amides is 2. The molecule has 9 nitrogen and oxygen atoms in total. The lowest BCUT2D eigenvalue weighted by Crippen LogP contribution is -2.58. The molecule has 2 N–H and O–H groups in total. The summed E-state index contributed by atoms with van der Waals surface area (Å²) in [6, 6.07) is 10.6. The molecule has 4 fully saturated rings. The summed E-state index contributed by atoms with van der Waals surface area (Å²) in [5.41, 5.74) is 2.72. The summed E-state index contributed by atoms with van der Waals surface area (Å²) < 4.78 is 34.3. The SMILES string of the molecule is COc1ccc(-c2cc(NC(=O)c3cc(CN[C@@H](C)C4CCC4)cn(C4CC4)c3=O)nc(C3CC3)c2)c(C(=O)N2CC(F)(F)C2)c1. The molecule has 3 aliphatic carbocycles. The molecule has 3 heterocycles. The Hall–Kier alpha value is -4.12. The number of pyridine rings is 2. The minimum absolute atomic E-state index is 0.0571. The van der Waals surface area contributed by atoms with Crippen LogP contribution in [0.25, 0.3) is 11.1 Å². The maximum Gasteiger partial charge on any atom is 0.282 e. The second-order valence-electron chi connectivity index (χ2n) is 13.4. The molecule has 0 radical (unpaired) electrons. The molecule has 0 spiro atoms. The van der Waals surface area contributed by atoms with Gasteiger partial charge in [-0.05, 0) is 104 Å². The molecule has 1 atom stereocenters. The van der Waals surface area contributed by atoms with Crippen LogP contribution in [0.3, 0.4) is 0 Å². The minimum Gasteiger partial charge on any atom is -0.497 e. The zero-order chi connectivity index (χ0) is 32.2. The van der Waals surface area contributed by atoms with Gasteiger partial charge in [-0.15, -0.1) is 0 Å². The van der Waals surface area contributed by atoms with E-state index in [-0.39, 0.29) is 34.5 Å². The van der Waals surface area contributed by atoms with Crippen molar-refractivity contribution in [3.63, 3.8) is 0 Å². The number of carbonyl (C=O) groups excluding carboxylic acids is 2. The number of halogens is 2. The van der Waals surface area contributed by atoms with Crippen LogP contribution < -0.4 is 20.9 Å². The predicted octanol–water partition coefficient (Wildman–Crippen LogP) is 5.75. The van der Waals surface area contributed by atoms with Crippen molar-refractivity contribution in [1.29, 1.82) is 0 Å². The van der Waals surface area contributed by atoms with E-state index in [1.54, 1.807) is 34.9 Å². The first-order valence-corrected chi connectivity index (χ1v) is 16.3. The second kappa shape index (κ2) is 11.9. The monoisotopic (exact) mass is 631 g/mol. The number of nitrogens with zero attached hydrogens (tertiary/aromatic N) is 3. The predicted molar refractivity (Wildman–Crippen MR) is 170 cm³/mol. The number of hydrogen-bond donors (Lipinski definition) is 2. The highest BCUT2D eigenvalue weighted by atomic mass is 19.3. The highest BCUT2D eigenvalue weighted by Gasteiger charge is 2.46. The standard InChI is InChI=1S/C35H39F2N5O4/c1-20(22-4-3-5-22)38-16-21-12-29(34(45)42(17-21)25-8-9-25)32(43)40-31-14-24(13-30(39-31)23-6-7-23)27-11-10-26(46-2)15-28(27)33(44)41-18-35(36,37)19-41/h10-15,17,20,22-23,25,38H,3-9,16,18-19H2,1-2H3,(H,39,40,43)/t20-/m0/s1. The number of anilines is 1. The van der Waals surface area contributed by atoms with E-state index in [0.717, 1.165) is 41.8 Å². The number of hydrogen-bond acceptors (Lipinski definition) is 6. The van der Waals surface area contributed by atoms with Gasteiger partial charge in [0.1, 0.15) is 17.1 Å². The summed E-state index contributed by atoms with van der Waals surface area (Å²) in [4.78, 5) is 46.5. The van der Waals surface area contributed by atoms with Crippen molar-refractivity contribution in [2.75, 3.05) is 25.5 Å². The van der Waals surface area contributed by atoms with Crippen LogP contribution in [0, 0.1) is 5.92 Å². The first-order valence-electron chi connectivity index (χ1n) is 16.3. The van der Waals surface area contributed by atoms with Gasteiger partial charge in [-0.25, -0.2) is 13.8 Å². The molecule has 1 aliphatic heterocycles. The molecule has 11 heteroatoms. The summed E-state index contributed by atoms with van der Waals surface area (Å²) >= 11 is 0. The van der Waals surface area contributed by atoms with Gasteiger partial charge in [0.15, 0.2) is 0 Å². The molecule has 2 amide bonds. The van der Waals surface area contributed by atoms with Gasteiger partial charge < -0.3 is 24.8 Å². The van der Waals surface area contributed by atoms with Crippen LogP contribution in [0.15, 0.2) is 47.4 Å². The van der Waals surface area contributed by atoms with Crippen molar-refractivity contribution in [1.82, 2.24) is 19.8 Å². The molecule has 3 saturated carbocycles. The minimum atomic E-state index is -2.90. The fraction of sp³-hybridized carbons (Fsp3) is 0.486. The lowest BCUT2D eigenvalue weighted by Gasteiger charge is -2.39. The van der Waals surface area contributed by atoms with Gasteiger partial charge in [0.2, 0.25) is 0 Å². The van der Waals surface area contributed by atoms with E-state index in [4.69, 9.17) is 9.72 Å². The number of benzene rings is 1. The summed E-state index contributed by atoms with van der Waals surface area (Å²) in [5, 5.41) is 6.45. The molecule has 3 aromatic rings. The number of ether oxygens (including phenoxy) is 1. The molecule has 7 rings (SSSR count). The normalized spacial score (nSPS) is 19.6. The van der Waals surface area contributed by atoms with Crippen molar-refractivity contribution >= 4 is 17.6 Å². The highest BCUT2D eigenvalue weighted by molar-refractivity contribution is 6.05. The van der Waals surface area contributed by atoms with Crippen LogP contribution in [0.1, 0.15) is 95.8 Å². The molecular formula is C35H39F2N5O4. The van der Waals surface area contributed by atoms with Crippen molar-refractivity contribution in [2.45, 2.75) is 82.3 Å². The number of likely N-dealkylation sites (tertiary alicyclic amines) is 1. The van der Waals surface area contributed by atoms with E-state index in [1.165, 1.54) is 26.4 Å². The lowest BCUT2D eigenvalue weighted by molar-refractivity contribution is -0.113.